The first-order valence-electron chi connectivity index (χ1n) is 4.97. The van der Waals surface area contributed by atoms with Crippen molar-refractivity contribution in [3.63, 3.8) is 0 Å². The molecule has 0 aliphatic rings. The molecule has 0 amide bonds. The molecule has 0 atom stereocenters. The Bertz CT molecular complexity index is 558. The van der Waals surface area contributed by atoms with Crippen LogP contribution in [0.4, 0.5) is 5.88 Å². The normalized spacial score (nSPS) is 10.9. The van der Waals surface area contributed by atoms with Crippen molar-refractivity contribution in [1.82, 2.24) is 0 Å². The highest BCUT2D eigenvalue weighted by molar-refractivity contribution is 7.80. The first kappa shape index (κ1) is 12.0. The third kappa shape index (κ3) is 2.12. The lowest BCUT2D eigenvalue weighted by Crippen LogP contribution is -2.19. The Balaban J connectivity index is 2.56. The van der Waals surface area contributed by atoms with Crippen LogP contribution < -0.4 is 4.90 Å². The number of hydrogen-bond acceptors (Lipinski definition) is 5. The van der Waals surface area contributed by atoms with Crippen molar-refractivity contribution in [3.8, 4) is 0 Å². The number of thiophene rings is 1. The van der Waals surface area contributed by atoms with Crippen LogP contribution in [0.15, 0.2) is 15.9 Å². The zero-order valence-corrected chi connectivity index (χ0v) is 11.7. The Kier molecular flexibility index (Phi) is 3.56. The molecule has 0 fully saturated rings. The Hall–Kier alpha value is -0.520. The number of thiol groups is 1. The van der Waals surface area contributed by atoms with E-state index in [9.17, 15) is 0 Å². The van der Waals surface area contributed by atoms with Gasteiger partial charge in [-0.25, -0.2) is 0 Å². The molecular formula is C11H13NOS3. The van der Waals surface area contributed by atoms with E-state index in [4.69, 9.17) is 16.6 Å². The number of fused-ring (bicyclic) bond motifs is 1. The fraction of sp³-hybridized carbons (Fsp3) is 0.364. The van der Waals surface area contributed by atoms with Crippen LogP contribution in [0.5, 0.6) is 0 Å². The molecule has 0 aromatic carbocycles. The average molecular weight is 271 g/mol. The summed E-state index contributed by atoms with van der Waals surface area (Å²) in [6, 6.07) is 1.91. The van der Waals surface area contributed by atoms with Crippen LogP contribution in [0.2, 0.25) is 0 Å². The molecule has 0 aliphatic heterocycles. The van der Waals surface area contributed by atoms with Crippen LogP contribution in [0.3, 0.4) is 0 Å². The molecule has 16 heavy (non-hydrogen) atoms. The molecule has 0 saturated carbocycles. The van der Waals surface area contributed by atoms with Gasteiger partial charge in [0.1, 0.15) is 0 Å². The van der Waals surface area contributed by atoms with Crippen LogP contribution >= 0.6 is 36.2 Å². The zero-order chi connectivity index (χ0) is 11.7. The topological polar surface area (TPSA) is 16.4 Å². The lowest BCUT2D eigenvalue weighted by molar-refractivity contribution is 0.589. The maximum atomic E-state index is 5.86. The molecule has 0 radical (unpaired) electrons. The Morgan fingerprint density at radius 3 is 3.00 bits per heavy atom. The monoisotopic (exact) mass is 271 g/mol. The molecule has 0 spiro atoms. The maximum Gasteiger partial charge on any atom is 0.197 e. The molecule has 2 nitrogen and oxygen atoms in total. The van der Waals surface area contributed by atoms with Crippen molar-refractivity contribution >= 4 is 52.4 Å². The quantitative estimate of drug-likeness (QED) is 0.674. The van der Waals surface area contributed by atoms with Crippen LogP contribution in [0.25, 0.3) is 10.3 Å². The highest BCUT2D eigenvalue weighted by Gasteiger charge is 2.09. The fourth-order valence-electron chi connectivity index (χ4n) is 1.49. The van der Waals surface area contributed by atoms with Gasteiger partial charge >= 0.3 is 0 Å². The highest BCUT2D eigenvalue weighted by Crippen LogP contribution is 2.30. The van der Waals surface area contributed by atoms with E-state index in [-0.39, 0.29) is 0 Å². The third-order valence-electron chi connectivity index (χ3n) is 2.41. The van der Waals surface area contributed by atoms with E-state index in [0.29, 0.717) is 0 Å². The number of nitrogens with zero attached hydrogens (tertiary/aromatic N) is 1. The molecule has 0 unspecified atom stereocenters. The Morgan fingerprint density at radius 2 is 2.31 bits per heavy atom. The van der Waals surface area contributed by atoms with Gasteiger partial charge in [-0.2, -0.15) is 12.6 Å². The summed E-state index contributed by atoms with van der Waals surface area (Å²) in [5.74, 6) is 1.60. The van der Waals surface area contributed by atoms with Crippen molar-refractivity contribution in [2.45, 2.75) is 6.92 Å². The molecular weight excluding hydrogens is 258 g/mol. The van der Waals surface area contributed by atoms with Crippen LogP contribution in [0.1, 0.15) is 5.56 Å². The van der Waals surface area contributed by atoms with Crippen molar-refractivity contribution in [2.75, 3.05) is 24.2 Å². The molecule has 2 aromatic rings. The first-order chi connectivity index (χ1) is 7.63. The summed E-state index contributed by atoms with van der Waals surface area (Å²) in [4.78, 5) is 2.03. The second-order valence-electron chi connectivity index (χ2n) is 3.67. The first-order valence-corrected chi connectivity index (χ1v) is 6.89. The van der Waals surface area contributed by atoms with Gasteiger partial charge in [0.25, 0.3) is 0 Å². The van der Waals surface area contributed by atoms with Crippen LogP contribution in [-0.2, 0) is 0 Å². The summed E-state index contributed by atoms with van der Waals surface area (Å²) >= 11 is 11.2. The van der Waals surface area contributed by atoms with Crippen molar-refractivity contribution in [2.24, 2.45) is 0 Å². The van der Waals surface area contributed by atoms with Gasteiger partial charge in [-0.1, -0.05) is 12.2 Å². The summed E-state index contributed by atoms with van der Waals surface area (Å²) < 4.78 is 7.79. The molecule has 2 heterocycles. The summed E-state index contributed by atoms with van der Waals surface area (Å²) in [5, 5.41) is 2.08. The Labute approximate surface area is 109 Å². The number of aryl methyl sites for hydroxylation is 1. The molecule has 0 saturated heterocycles. The predicted octanol–water partition coefficient (Wildman–Crippen LogP) is 3.90. The minimum atomic E-state index is 0.791. The molecule has 0 N–H and O–H groups in total. The maximum absolute atomic E-state index is 5.86. The number of anilines is 1. The number of rotatable bonds is 3. The van der Waals surface area contributed by atoms with E-state index in [1.165, 1.54) is 0 Å². The zero-order valence-electron chi connectivity index (χ0n) is 9.19. The molecule has 2 aromatic heterocycles. The van der Waals surface area contributed by atoms with Gasteiger partial charge in [0.2, 0.25) is 0 Å². The largest absolute Gasteiger partial charge is 0.439 e. The van der Waals surface area contributed by atoms with E-state index in [1.54, 1.807) is 11.3 Å². The highest BCUT2D eigenvalue weighted by atomic mass is 32.1. The van der Waals surface area contributed by atoms with E-state index in [1.807, 2.05) is 24.9 Å². The van der Waals surface area contributed by atoms with E-state index in [0.717, 1.165) is 38.5 Å². The molecule has 0 aliphatic carbocycles. The van der Waals surface area contributed by atoms with E-state index in [2.05, 4.69) is 18.0 Å². The second-order valence-corrected chi connectivity index (χ2v) is 5.44. The van der Waals surface area contributed by atoms with Gasteiger partial charge in [0.15, 0.2) is 11.5 Å². The SMILES string of the molecule is Cc1csc2c(=S)cc(N(C)CCS)oc12. The second kappa shape index (κ2) is 4.77. The number of hydrogen-bond donors (Lipinski definition) is 1. The van der Waals surface area contributed by atoms with Gasteiger partial charge in [0, 0.05) is 31.0 Å². The van der Waals surface area contributed by atoms with Gasteiger partial charge < -0.3 is 9.32 Å². The lowest BCUT2D eigenvalue weighted by Gasteiger charge is -2.16. The molecule has 5 heteroatoms. The van der Waals surface area contributed by atoms with Gasteiger partial charge in [-0.3, -0.25) is 0 Å². The van der Waals surface area contributed by atoms with Crippen molar-refractivity contribution < 1.29 is 4.42 Å². The summed E-state index contributed by atoms with van der Waals surface area (Å²) in [6.45, 7) is 2.88. The van der Waals surface area contributed by atoms with E-state index < -0.39 is 0 Å². The van der Waals surface area contributed by atoms with Crippen molar-refractivity contribution in [1.29, 1.82) is 0 Å². The summed E-state index contributed by atoms with van der Waals surface area (Å²) in [7, 11) is 1.98. The van der Waals surface area contributed by atoms with Crippen LogP contribution in [-0.4, -0.2) is 19.3 Å². The van der Waals surface area contributed by atoms with Gasteiger partial charge in [-0.15, -0.1) is 11.3 Å². The van der Waals surface area contributed by atoms with Gasteiger partial charge in [-0.05, 0) is 12.3 Å². The third-order valence-corrected chi connectivity index (χ3v) is 4.18. The lowest BCUT2D eigenvalue weighted by atomic mass is 10.3. The van der Waals surface area contributed by atoms with Gasteiger partial charge in [0.05, 0.1) is 9.21 Å². The minimum Gasteiger partial charge on any atom is -0.439 e. The van der Waals surface area contributed by atoms with E-state index >= 15 is 0 Å². The van der Waals surface area contributed by atoms with Crippen molar-refractivity contribution in [3.05, 3.63) is 21.5 Å². The van der Waals surface area contributed by atoms with Crippen LogP contribution in [0, 0.1) is 11.4 Å². The molecule has 2 rings (SSSR count). The predicted molar refractivity (Wildman–Crippen MR) is 76.8 cm³/mol. The minimum absolute atomic E-state index is 0.791. The average Bonchev–Trinajstić information content (AvgIpc) is 2.61. The molecule has 86 valence electrons. The smallest absolute Gasteiger partial charge is 0.197 e. The Morgan fingerprint density at radius 1 is 1.56 bits per heavy atom. The fourth-order valence-corrected chi connectivity index (χ4v) is 3.01. The summed E-state index contributed by atoms with van der Waals surface area (Å²) in [6.07, 6.45) is 0. The summed E-state index contributed by atoms with van der Waals surface area (Å²) in [5.41, 5.74) is 2.06. The standard InChI is InChI=1S/C11H13NOS3/c1-7-6-16-11-8(15)5-9(13-10(7)11)12(2)3-4-14/h5-6,14H,3-4H2,1-2H3. The molecule has 0 bridgehead atoms.